The molecule has 0 radical (unpaired) electrons. The van der Waals surface area contributed by atoms with Crippen LogP contribution in [0.25, 0.3) is 0 Å². The molecule has 1 atom stereocenters. The lowest BCUT2D eigenvalue weighted by Gasteiger charge is -2.33. The smallest absolute Gasteiger partial charge is 0.253 e. The van der Waals surface area contributed by atoms with Crippen LogP contribution in [0.3, 0.4) is 0 Å². The zero-order valence-corrected chi connectivity index (χ0v) is 18.7. The van der Waals surface area contributed by atoms with Crippen LogP contribution >= 0.6 is 0 Å². The highest BCUT2D eigenvalue weighted by Crippen LogP contribution is 2.16. The summed E-state index contributed by atoms with van der Waals surface area (Å²) in [6.45, 7) is 11.8. The number of likely N-dealkylation sites (tertiary alicyclic amines) is 1. The molecule has 1 amide bonds. The first kappa shape index (κ1) is 23.2. The van der Waals surface area contributed by atoms with E-state index in [1.807, 2.05) is 43.0 Å². The lowest BCUT2D eigenvalue weighted by atomic mass is 10.0. The molecule has 1 aromatic carbocycles. The van der Waals surface area contributed by atoms with E-state index >= 15 is 0 Å². The second kappa shape index (κ2) is 12.5. The van der Waals surface area contributed by atoms with E-state index in [2.05, 4.69) is 27.4 Å². The third-order valence-electron chi connectivity index (χ3n) is 5.79. The van der Waals surface area contributed by atoms with Crippen LogP contribution in [-0.4, -0.2) is 67.5 Å². The first-order valence-electron chi connectivity index (χ1n) is 11.2. The van der Waals surface area contributed by atoms with Gasteiger partial charge in [0.25, 0.3) is 5.91 Å². The van der Waals surface area contributed by atoms with Crippen molar-refractivity contribution in [2.45, 2.75) is 59.0 Å². The summed E-state index contributed by atoms with van der Waals surface area (Å²) in [4.78, 5) is 21.1. The number of carbonyl (C=O) groups is 1. The van der Waals surface area contributed by atoms with Crippen molar-refractivity contribution in [1.29, 1.82) is 0 Å². The predicted molar refractivity (Wildman–Crippen MR) is 121 cm³/mol. The fraction of sp³-hybridized carbons (Fsp3) is 0.652. The molecule has 1 aliphatic heterocycles. The number of hydrogen-bond donors (Lipinski definition) is 2. The normalized spacial score (nSPS) is 17.8. The topological polar surface area (TPSA) is 60.0 Å². The highest BCUT2D eigenvalue weighted by molar-refractivity contribution is 5.94. The van der Waals surface area contributed by atoms with E-state index in [0.717, 1.165) is 55.7 Å². The van der Waals surface area contributed by atoms with Gasteiger partial charge in [0, 0.05) is 51.4 Å². The molecule has 0 aromatic heterocycles. The first-order chi connectivity index (χ1) is 14.1. The zero-order valence-electron chi connectivity index (χ0n) is 18.7. The molecule has 1 aromatic rings. The Bertz CT molecular complexity index is 639. The molecule has 0 aliphatic carbocycles. The number of carbonyl (C=O) groups excluding carboxylic acids is 1. The van der Waals surface area contributed by atoms with Crippen LogP contribution in [0.1, 0.15) is 62.4 Å². The van der Waals surface area contributed by atoms with Crippen molar-refractivity contribution in [3.63, 3.8) is 0 Å². The Morgan fingerprint density at radius 3 is 2.52 bits per heavy atom. The summed E-state index contributed by atoms with van der Waals surface area (Å²) in [5, 5.41) is 6.76. The van der Waals surface area contributed by atoms with Gasteiger partial charge in [0.15, 0.2) is 5.96 Å². The van der Waals surface area contributed by atoms with Crippen LogP contribution in [0.15, 0.2) is 29.3 Å². The van der Waals surface area contributed by atoms with Crippen molar-refractivity contribution in [3.05, 3.63) is 35.4 Å². The van der Waals surface area contributed by atoms with Crippen molar-refractivity contribution in [3.8, 4) is 0 Å². The van der Waals surface area contributed by atoms with E-state index in [-0.39, 0.29) is 5.91 Å². The molecular formula is C23H39N5O. The molecule has 1 heterocycles. The fourth-order valence-electron chi connectivity index (χ4n) is 3.84. The summed E-state index contributed by atoms with van der Waals surface area (Å²) < 4.78 is 0. The Labute approximate surface area is 176 Å². The van der Waals surface area contributed by atoms with Crippen LogP contribution in [0.5, 0.6) is 0 Å². The van der Waals surface area contributed by atoms with Crippen LogP contribution in [0.2, 0.25) is 0 Å². The molecule has 0 saturated carbocycles. The maximum absolute atomic E-state index is 12.4. The molecule has 2 rings (SSSR count). The Balaban J connectivity index is 1.72. The number of piperidine rings is 1. The van der Waals surface area contributed by atoms with Gasteiger partial charge in [-0.1, -0.05) is 18.6 Å². The molecule has 1 fully saturated rings. The van der Waals surface area contributed by atoms with E-state index in [1.54, 1.807) is 7.05 Å². The van der Waals surface area contributed by atoms with Gasteiger partial charge in [-0.2, -0.15) is 0 Å². The largest absolute Gasteiger partial charge is 0.356 e. The molecular weight excluding hydrogens is 362 g/mol. The van der Waals surface area contributed by atoms with E-state index in [1.165, 1.54) is 25.8 Å². The second-order valence-electron chi connectivity index (χ2n) is 7.76. The molecule has 0 bridgehead atoms. The number of benzene rings is 1. The van der Waals surface area contributed by atoms with Crippen molar-refractivity contribution in [1.82, 2.24) is 20.4 Å². The number of nitrogens with zero attached hydrogens (tertiary/aromatic N) is 3. The van der Waals surface area contributed by atoms with Gasteiger partial charge in [-0.3, -0.25) is 9.79 Å². The second-order valence-corrected chi connectivity index (χ2v) is 7.76. The molecule has 1 unspecified atom stereocenters. The highest BCUT2D eigenvalue weighted by atomic mass is 16.2. The van der Waals surface area contributed by atoms with Gasteiger partial charge in [0.05, 0.1) is 0 Å². The number of rotatable bonds is 9. The van der Waals surface area contributed by atoms with Gasteiger partial charge in [-0.25, -0.2) is 0 Å². The van der Waals surface area contributed by atoms with Crippen LogP contribution in [-0.2, 0) is 6.54 Å². The monoisotopic (exact) mass is 401 g/mol. The number of nitrogens with one attached hydrogen (secondary N) is 2. The lowest BCUT2D eigenvalue weighted by Crippen LogP contribution is -2.41. The first-order valence-corrected chi connectivity index (χ1v) is 11.2. The summed E-state index contributed by atoms with van der Waals surface area (Å²) in [5.74, 6) is 0.912. The molecule has 162 valence electrons. The summed E-state index contributed by atoms with van der Waals surface area (Å²) in [5.41, 5.74) is 1.87. The molecule has 6 nitrogen and oxygen atoms in total. The molecule has 2 N–H and O–H groups in total. The van der Waals surface area contributed by atoms with Crippen molar-refractivity contribution < 1.29 is 4.79 Å². The minimum Gasteiger partial charge on any atom is -0.356 e. The fourth-order valence-corrected chi connectivity index (χ4v) is 3.84. The summed E-state index contributed by atoms with van der Waals surface area (Å²) >= 11 is 0. The van der Waals surface area contributed by atoms with Crippen LogP contribution in [0, 0.1) is 0 Å². The number of hydrogen-bond acceptors (Lipinski definition) is 3. The Kier molecular flexibility index (Phi) is 9.98. The van der Waals surface area contributed by atoms with Crippen LogP contribution in [0.4, 0.5) is 0 Å². The molecule has 6 heteroatoms. The highest BCUT2D eigenvalue weighted by Gasteiger charge is 2.17. The van der Waals surface area contributed by atoms with Crippen molar-refractivity contribution in [2.24, 2.45) is 4.99 Å². The summed E-state index contributed by atoms with van der Waals surface area (Å²) in [6.07, 6.45) is 5.15. The standard InChI is InChI=1S/C23H39N5O/c1-5-27(6-2)22(29)21-13-11-20(12-14-21)18-26-23(24-4)25-15-9-17-28-16-8-7-10-19(28)3/h11-14,19H,5-10,15-18H2,1-4H3,(H2,24,25,26). The van der Waals surface area contributed by atoms with Gasteiger partial charge >= 0.3 is 0 Å². The van der Waals surface area contributed by atoms with Gasteiger partial charge in [-0.05, 0) is 64.3 Å². The number of aliphatic imine (C=N–C) groups is 1. The number of guanidine groups is 1. The SMILES string of the molecule is CCN(CC)C(=O)c1ccc(CNC(=NC)NCCCN2CCCCC2C)cc1. The van der Waals surface area contributed by atoms with E-state index in [0.29, 0.717) is 6.54 Å². The maximum atomic E-state index is 12.4. The van der Waals surface area contributed by atoms with Gasteiger partial charge in [0.2, 0.25) is 0 Å². The Morgan fingerprint density at radius 2 is 1.90 bits per heavy atom. The van der Waals surface area contributed by atoms with Gasteiger partial charge in [0.1, 0.15) is 0 Å². The molecule has 1 aliphatic rings. The van der Waals surface area contributed by atoms with E-state index < -0.39 is 0 Å². The van der Waals surface area contributed by atoms with Crippen LogP contribution < -0.4 is 10.6 Å². The predicted octanol–water partition coefficient (Wildman–Crippen LogP) is 3.10. The summed E-state index contributed by atoms with van der Waals surface area (Å²) in [7, 11) is 1.80. The van der Waals surface area contributed by atoms with Gasteiger partial charge < -0.3 is 20.4 Å². The Morgan fingerprint density at radius 1 is 1.17 bits per heavy atom. The minimum absolute atomic E-state index is 0.0926. The Hall–Kier alpha value is -2.08. The van der Waals surface area contributed by atoms with E-state index in [4.69, 9.17) is 0 Å². The quantitative estimate of drug-likeness (QED) is 0.379. The average Bonchev–Trinajstić information content (AvgIpc) is 2.75. The maximum Gasteiger partial charge on any atom is 0.253 e. The molecule has 1 saturated heterocycles. The minimum atomic E-state index is 0.0926. The molecule has 0 spiro atoms. The average molecular weight is 402 g/mol. The summed E-state index contributed by atoms with van der Waals surface area (Å²) in [6, 6.07) is 8.56. The van der Waals surface area contributed by atoms with Gasteiger partial charge in [-0.15, -0.1) is 0 Å². The lowest BCUT2D eigenvalue weighted by molar-refractivity contribution is 0.0773. The zero-order chi connectivity index (χ0) is 21.1. The third-order valence-corrected chi connectivity index (χ3v) is 5.79. The molecule has 29 heavy (non-hydrogen) atoms. The van der Waals surface area contributed by atoms with Crippen molar-refractivity contribution >= 4 is 11.9 Å². The number of amides is 1. The van der Waals surface area contributed by atoms with Crippen molar-refractivity contribution in [2.75, 3.05) is 39.8 Å². The third kappa shape index (κ3) is 7.35. The van der Waals surface area contributed by atoms with E-state index in [9.17, 15) is 4.79 Å².